The number of carbonyl (C=O) groups is 1. The van der Waals surface area contributed by atoms with Crippen molar-refractivity contribution in [3.05, 3.63) is 35.9 Å². The second-order valence-electron chi connectivity index (χ2n) is 7.10. The van der Waals surface area contributed by atoms with E-state index >= 15 is 0 Å². The first-order chi connectivity index (χ1) is 14.3. The van der Waals surface area contributed by atoms with Gasteiger partial charge in [0.25, 0.3) is 5.91 Å². The fourth-order valence-corrected chi connectivity index (χ4v) is 4.20. The van der Waals surface area contributed by atoms with Crippen molar-refractivity contribution in [1.82, 2.24) is 23.8 Å². The maximum Gasteiger partial charge on any atom is 0.254 e. The molecule has 0 saturated carbocycles. The van der Waals surface area contributed by atoms with Crippen LogP contribution in [0, 0.1) is 0 Å². The summed E-state index contributed by atoms with van der Waals surface area (Å²) in [5.41, 5.74) is 2.26. The fraction of sp³-hybridized carbons (Fsp3) is 0.421. The first-order valence-electron chi connectivity index (χ1n) is 9.71. The Morgan fingerprint density at radius 3 is 2.17 bits per heavy atom. The van der Waals surface area contributed by atoms with Gasteiger partial charge >= 0.3 is 0 Å². The minimum Gasteiger partial charge on any atom is -0.378 e. The smallest absolute Gasteiger partial charge is 0.254 e. The maximum absolute atomic E-state index is 12.8. The molecule has 0 unspecified atom stereocenters. The Hall–Kier alpha value is -2.85. The van der Waals surface area contributed by atoms with Crippen LogP contribution < -0.4 is 9.80 Å². The second-order valence-corrected chi connectivity index (χ2v) is 7.62. The molecule has 0 aliphatic carbocycles. The van der Waals surface area contributed by atoms with Crippen LogP contribution in [-0.2, 0) is 4.74 Å². The molecular formula is C19H21N7O2S. The van der Waals surface area contributed by atoms with Gasteiger partial charge in [0.05, 0.1) is 24.9 Å². The van der Waals surface area contributed by atoms with Gasteiger partial charge in [-0.1, -0.05) is 0 Å². The van der Waals surface area contributed by atoms with Crippen molar-refractivity contribution in [2.24, 2.45) is 0 Å². The van der Waals surface area contributed by atoms with Crippen molar-refractivity contribution in [3.8, 4) is 0 Å². The molecule has 150 valence electrons. The van der Waals surface area contributed by atoms with E-state index in [1.54, 1.807) is 0 Å². The second kappa shape index (κ2) is 7.88. The summed E-state index contributed by atoms with van der Waals surface area (Å²) in [6.45, 7) is 5.92. The highest BCUT2D eigenvalue weighted by molar-refractivity contribution is 7.00. The van der Waals surface area contributed by atoms with E-state index in [0.717, 1.165) is 73.8 Å². The van der Waals surface area contributed by atoms with E-state index < -0.39 is 0 Å². The van der Waals surface area contributed by atoms with E-state index in [4.69, 9.17) is 4.74 Å². The molecule has 2 aromatic heterocycles. The van der Waals surface area contributed by atoms with Crippen LogP contribution in [0.5, 0.6) is 0 Å². The molecule has 2 aliphatic heterocycles. The average Bonchev–Trinajstić information content (AvgIpc) is 3.27. The van der Waals surface area contributed by atoms with E-state index in [1.807, 2.05) is 35.2 Å². The zero-order valence-corrected chi connectivity index (χ0v) is 16.7. The van der Waals surface area contributed by atoms with Gasteiger partial charge in [-0.25, -0.2) is 0 Å². The number of amides is 1. The monoisotopic (exact) mass is 411 g/mol. The van der Waals surface area contributed by atoms with Crippen LogP contribution in [0.3, 0.4) is 0 Å². The van der Waals surface area contributed by atoms with Crippen molar-refractivity contribution in [2.75, 3.05) is 62.3 Å². The zero-order chi connectivity index (χ0) is 19.6. The van der Waals surface area contributed by atoms with Gasteiger partial charge in [-0.15, -0.1) is 10.2 Å². The van der Waals surface area contributed by atoms with Crippen LogP contribution >= 0.6 is 11.7 Å². The van der Waals surface area contributed by atoms with E-state index in [9.17, 15) is 4.79 Å². The highest BCUT2D eigenvalue weighted by Gasteiger charge is 2.24. The maximum atomic E-state index is 12.8. The number of hydrogen-bond donors (Lipinski definition) is 0. The topological polar surface area (TPSA) is 87.6 Å². The first-order valence-corrected chi connectivity index (χ1v) is 10.4. The Bertz CT molecular complexity index is 995. The normalized spacial score (nSPS) is 17.7. The summed E-state index contributed by atoms with van der Waals surface area (Å²) in [7, 11) is 0. The summed E-state index contributed by atoms with van der Waals surface area (Å²) in [4.78, 5) is 19.1. The van der Waals surface area contributed by atoms with Crippen molar-refractivity contribution >= 4 is 40.3 Å². The number of morpholine rings is 1. The zero-order valence-electron chi connectivity index (χ0n) is 15.9. The molecule has 29 heavy (non-hydrogen) atoms. The molecule has 2 fully saturated rings. The van der Waals surface area contributed by atoms with Crippen molar-refractivity contribution in [1.29, 1.82) is 0 Å². The van der Waals surface area contributed by atoms with Gasteiger partial charge in [0.1, 0.15) is 11.0 Å². The number of rotatable bonds is 3. The molecule has 0 spiro atoms. The van der Waals surface area contributed by atoms with Crippen LogP contribution in [0.15, 0.2) is 30.3 Å². The van der Waals surface area contributed by atoms with Crippen LogP contribution in [0.1, 0.15) is 10.4 Å². The molecule has 2 saturated heterocycles. The molecule has 10 heteroatoms. The standard InChI is InChI=1S/C19H21N7O2S/c27-19(14-1-2-15-16(13-14)23-29-22-15)26-7-5-24(6-8-26)17-3-4-18(21-20-17)25-9-11-28-12-10-25/h1-4,13H,5-12H2. The lowest BCUT2D eigenvalue weighted by atomic mass is 10.1. The van der Waals surface area contributed by atoms with E-state index in [2.05, 4.69) is 28.7 Å². The third-order valence-electron chi connectivity index (χ3n) is 5.36. The van der Waals surface area contributed by atoms with Gasteiger partial charge in [-0.3, -0.25) is 4.79 Å². The Labute approximate surface area is 172 Å². The molecular weight excluding hydrogens is 390 g/mol. The number of piperazine rings is 1. The largest absolute Gasteiger partial charge is 0.378 e. The third kappa shape index (κ3) is 3.73. The Balaban J connectivity index is 1.21. The minimum atomic E-state index is 0.0355. The summed E-state index contributed by atoms with van der Waals surface area (Å²) in [6, 6.07) is 9.53. The van der Waals surface area contributed by atoms with Gasteiger partial charge in [-0.2, -0.15) is 8.75 Å². The van der Waals surface area contributed by atoms with E-state index in [1.165, 1.54) is 0 Å². The lowest BCUT2D eigenvalue weighted by Crippen LogP contribution is -2.49. The summed E-state index contributed by atoms with van der Waals surface area (Å²) < 4.78 is 13.8. The van der Waals surface area contributed by atoms with Crippen molar-refractivity contribution < 1.29 is 9.53 Å². The number of carbonyl (C=O) groups excluding carboxylic acids is 1. The molecule has 0 N–H and O–H groups in total. The number of hydrogen-bond acceptors (Lipinski definition) is 9. The summed E-state index contributed by atoms with van der Waals surface area (Å²) in [5.74, 6) is 1.77. The van der Waals surface area contributed by atoms with E-state index in [-0.39, 0.29) is 5.91 Å². The molecule has 1 aromatic carbocycles. The van der Waals surface area contributed by atoms with Crippen molar-refractivity contribution in [3.63, 3.8) is 0 Å². The van der Waals surface area contributed by atoms with Crippen LogP contribution in [0.4, 0.5) is 11.6 Å². The summed E-state index contributed by atoms with van der Waals surface area (Å²) >= 11 is 1.16. The highest BCUT2D eigenvalue weighted by Crippen LogP contribution is 2.19. The van der Waals surface area contributed by atoms with Crippen molar-refractivity contribution in [2.45, 2.75) is 0 Å². The molecule has 3 aromatic rings. The molecule has 0 atom stereocenters. The first kappa shape index (κ1) is 18.2. The number of aromatic nitrogens is 4. The molecule has 2 aliphatic rings. The molecule has 0 radical (unpaired) electrons. The van der Waals surface area contributed by atoms with Gasteiger partial charge in [0.15, 0.2) is 11.6 Å². The Morgan fingerprint density at radius 1 is 0.828 bits per heavy atom. The number of benzene rings is 1. The number of anilines is 2. The quantitative estimate of drug-likeness (QED) is 0.637. The molecule has 0 bridgehead atoms. The average molecular weight is 411 g/mol. The van der Waals surface area contributed by atoms with Gasteiger partial charge in [0, 0.05) is 44.8 Å². The molecule has 9 nitrogen and oxygen atoms in total. The SMILES string of the molecule is O=C(c1ccc2nsnc2c1)N1CCN(c2ccc(N3CCOCC3)nn2)CC1. The predicted octanol–water partition coefficient (Wildman–Crippen LogP) is 1.28. The molecule has 4 heterocycles. The fourth-order valence-electron chi connectivity index (χ4n) is 3.68. The lowest BCUT2D eigenvalue weighted by molar-refractivity contribution is 0.0746. The number of nitrogens with zero attached hydrogens (tertiary/aromatic N) is 7. The van der Waals surface area contributed by atoms with Gasteiger partial charge in [-0.05, 0) is 30.3 Å². The van der Waals surface area contributed by atoms with Crippen LogP contribution in [0.25, 0.3) is 11.0 Å². The van der Waals surface area contributed by atoms with Crippen LogP contribution in [0.2, 0.25) is 0 Å². The molecule has 1 amide bonds. The third-order valence-corrected chi connectivity index (χ3v) is 5.92. The predicted molar refractivity (Wildman–Crippen MR) is 111 cm³/mol. The Morgan fingerprint density at radius 2 is 1.48 bits per heavy atom. The highest BCUT2D eigenvalue weighted by atomic mass is 32.1. The number of ether oxygens (including phenoxy) is 1. The van der Waals surface area contributed by atoms with E-state index in [0.29, 0.717) is 18.7 Å². The molecule has 5 rings (SSSR count). The van der Waals surface area contributed by atoms with Gasteiger partial charge < -0.3 is 19.4 Å². The summed E-state index contributed by atoms with van der Waals surface area (Å²) in [6.07, 6.45) is 0. The Kier molecular flexibility index (Phi) is 4.94. The van der Waals surface area contributed by atoms with Crippen LogP contribution in [-0.4, -0.2) is 82.2 Å². The number of fused-ring (bicyclic) bond motifs is 1. The van der Waals surface area contributed by atoms with Gasteiger partial charge in [0.2, 0.25) is 0 Å². The lowest BCUT2D eigenvalue weighted by Gasteiger charge is -2.35. The summed E-state index contributed by atoms with van der Waals surface area (Å²) in [5, 5.41) is 8.80. The minimum absolute atomic E-state index is 0.0355.